The van der Waals surface area contributed by atoms with Gasteiger partial charge in [-0.3, -0.25) is 4.79 Å². The summed E-state index contributed by atoms with van der Waals surface area (Å²) >= 11 is 0. The molecular formula is C20H24N2O3S. The van der Waals surface area contributed by atoms with Crippen molar-refractivity contribution >= 4 is 21.6 Å². The zero-order valence-corrected chi connectivity index (χ0v) is 16.0. The molecule has 0 atom stereocenters. The number of nitrogens with one attached hydrogen (secondary N) is 1. The van der Waals surface area contributed by atoms with Crippen molar-refractivity contribution in [3.63, 3.8) is 0 Å². The number of sulfonamides is 1. The minimum atomic E-state index is -3.53. The van der Waals surface area contributed by atoms with Gasteiger partial charge in [0, 0.05) is 24.3 Å². The highest BCUT2D eigenvalue weighted by atomic mass is 32.2. The first kappa shape index (κ1) is 18.6. The number of nitrogens with zero attached hydrogens (tertiary/aromatic N) is 1. The van der Waals surface area contributed by atoms with Crippen molar-refractivity contribution in [1.29, 1.82) is 0 Å². The minimum Gasteiger partial charge on any atom is -0.322 e. The van der Waals surface area contributed by atoms with Crippen LogP contribution in [0, 0.1) is 13.8 Å². The first-order chi connectivity index (χ1) is 12.4. The SMILES string of the molecule is Cc1ccc(S(=O)(=O)N2CCCCC2)cc1NC(=O)c1ccccc1C. The number of piperidine rings is 1. The van der Waals surface area contributed by atoms with Gasteiger partial charge in [-0.2, -0.15) is 4.31 Å². The summed E-state index contributed by atoms with van der Waals surface area (Å²) in [5, 5.41) is 2.86. The van der Waals surface area contributed by atoms with E-state index in [2.05, 4.69) is 5.32 Å². The summed E-state index contributed by atoms with van der Waals surface area (Å²) in [4.78, 5) is 12.8. The van der Waals surface area contributed by atoms with Gasteiger partial charge in [-0.25, -0.2) is 8.42 Å². The molecule has 0 spiro atoms. The lowest BCUT2D eigenvalue weighted by Gasteiger charge is -2.26. The van der Waals surface area contributed by atoms with Gasteiger partial charge in [0.15, 0.2) is 0 Å². The van der Waals surface area contributed by atoms with Crippen LogP contribution in [0.5, 0.6) is 0 Å². The number of benzene rings is 2. The van der Waals surface area contributed by atoms with E-state index in [1.165, 1.54) is 4.31 Å². The van der Waals surface area contributed by atoms with E-state index in [0.717, 1.165) is 30.4 Å². The summed E-state index contributed by atoms with van der Waals surface area (Å²) in [6.07, 6.45) is 2.85. The maximum Gasteiger partial charge on any atom is 0.255 e. The Morgan fingerprint density at radius 2 is 1.65 bits per heavy atom. The molecule has 6 heteroatoms. The normalized spacial score (nSPS) is 15.6. The molecule has 3 rings (SSSR count). The Morgan fingerprint density at radius 3 is 2.35 bits per heavy atom. The summed E-state index contributed by atoms with van der Waals surface area (Å²) in [6, 6.07) is 12.2. The number of anilines is 1. The van der Waals surface area contributed by atoms with Gasteiger partial charge in [-0.1, -0.05) is 30.7 Å². The van der Waals surface area contributed by atoms with Crippen LogP contribution in [0.4, 0.5) is 5.69 Å². The van der Waals surface area contributed by atoms with Crippen LogP contribution in [-0.2, 0) is 10.0 Å². The fourth-order valence-electron chi connectivity index (χ4n) is 3.17. The second kappa shape index (κ2) is 7.60. The molecule has 0 saturated carbocycles. The predicted octanol–water partition coefficient (Wildman–Crippen LogP) is 3.73. The molecule has 0 aromatic heterocycles. The van der Waals surface area contributed by atoms with Crippen LogP contribution in [0.1, 0.15) is 40.7 Å². The molecule has 0 radical (unpaired) electrons. The van der Waals surface area contributed by atoms with E-state index in [4.69, 9.17) is 0 Å². The smallest absolute Gasteiger partial charge is 0.255 e. The minimum absolute atomic E-state index is 0.227. The molecule has 1 fully saturated rings. The van der Waals surface area contributed by atoms with Crippen LogP contribution in [0.15, 0.2) is 47.4 Å². The van der Waals surface area contributed by atoms with Crippen molar-refractivity contribution in [2.75, 3.05) is 18.4 Å². The molecule has 1 saturated heterocycles. The van der Waals surface area contributed by atoms with Gasteiger partial charge in [-0.05, 0) is 56.0 Å². The highest BCUT2D eigenvalue weighted by Crippen LogP contribution is 2.25. The molecular weight excluding hydrogens is 348 g/mol. The number of rotatable bonds is 4. The van der Waals surface area contributed by atoms with Crippen molar-refractivity contribution < 1.29 is 13.2 Å². The zero-order valence-electron chi connectivity index (χ0n) is 15.2. The fourth-order valence-corrected chi connectivity index (χ4v) is 4.71. The van der Waals surface area contributed by atoms with Crippen LogP contribution in [-0.4, -0.2) is 31.7 Å². The maximum absolute atomic E-state index is 12.9. The van der Waals surface area contributed by atoms with Crippen LogP contribution >= 0.6 is 0 Å². The largest absolute Gasteiger partial charge is 0.322 e. The highest BCUT2D eigenvalue weighted by Gasteiger charge is 2.26. The highest BCUT2D eigenvalue weighted by molar-refractivity contribution is 7.89. The first-order valence-corrected chi connectivity index (χ1v) is 10.3. The third kappa shape index (κ3) is 3.81. The molecule has 2 aromatic rings. The molecule has 0 bridgehead atoms. The van der Waals surface area contributed by atoms with Gasteiger partial charge in [0.25, 0.3) is 5.91 Å². The number of carbonyl (C=O) groups is 1. The van der Waals surface area contributed by atoms with E-state index < -0.39 is 10.0 Å². The molecule has 0 aliphatic carbocycles. The standard InChI is InChI=1S/C20H24N2O3S/c1-15-8-4-5-9-18(15)20(23)21-19-14-17(11-10-16(19)2)26(24,25)22-12-6-3-7-13-22/h4-5,8-11,14H,3,6-7,12-13H2,1-2H3,(H,21,23). The quantitative estimate of drug-likeness (QED) is 0.889. The number of carbonyl (C=O) groups excluding carboxylic acids is 1. The molecule has 5 nitrogen and oxygen atoms in total. The van der Waals surface area contributed by atoms with Crippen LogP contribution in [0.25, 0.3) is 0 Å². The van der Waals surface area contributed by atoms with Crippen molar-refractivity contribution in [2.45, 2.75) is 38.0 Å². The van der Waals surface area contributed by atoms with E-state index in [9.17, 15) is 13.2 Å². The average Bonchev–Trinajstić information content (AvgIpc) is 2.64. The molecule has 138 valence electrons. The van der Waals surface area contributed by atoms with E-state index in [-0.39, 0.29) is 10.8 Å². The maximum atomic E-state index is 12.9. The van der Waals surface area contributed by atoms with E-state index >= 15 is 0 Å². The van der Waals surface area contributed by atoms with Gasteiger partial charge >= 0.3 is 0 Å². The Morgan fingerprint density at radius 1 is 0.962 bits per heavy atom. The second-order valence-corrected chi connectivity index (χ2v) is 8.65. The van der Waals surface area contributed by atoms with Crippen LogP contribution < -0.4 is 5.32 Å². The summed E-state index contributed by atoms with van der Waals surface area (Å²) < 4.78 is 27.3. The molecule has 2 aromatic carbocycles. The molecule has 1 aliphatic rings. The Bertz CT molecular complexity index is 916. The van der Waals surface area contributed by atoms with Gasteiger partial charge in [0.05, 0.1) is 4.90 Å². The third-order valence-electron chi connectivity index (χ3n) is 4.80. The Hall–Kier alpha value is -2.18. The van der Waals surface area contributed by atoms with Crippen LogP contribution in [0.3, 0.4) is 0 Å². The fraction of sp³-hybridized carbons (Fsp3) is 0.350. The molecule has 1 aliphatic heterocycles. The summed E-state index contributed by atoms with van der Waals surface area (Å²) in [7, 11) is -3.53. The number of hydrogen-bond acceptors (Lipinski definition) is 3. The Balaban J connectivity index is 1.88. The molecule has 1 amide bonds. The van der Waals surface area contributed by atoms with Gasteiger partial charge < -0.3 is 5.32 Å². The summed E-state index contributed by atoms with van der Waals surface area (Å²) in [5.41, 5.74) is 2.80. The molecule has 0 unspecified atom stereocenters. The molecule has 1 heterocycles. The van der Waals surface area contributed by atoms with E-state index in [0.29, 0.717) is 24.3 Å². The lowest BCUT2D eigenvalue weighted by Crippen LogP contribution is -2.35. The van der Waals surface area contributed by atoms with E-state index in [1.54, 1.807) is 24.3 Å². The predicted molar refractivity (Wildman–Crippen MR) is 103 cm³/mol. The van der Waals surface area contributed by atoms with Gasteiger partial charge in [0.2, 0.25) is 10.0 Å². The van der Waals surface area contributed by atoms with Crippen molar-refractivity contribution in [3.8, 4) is 0 Å². The third-order valence-corrected chi connectivity index (χ3v) is 6.69. The number of hydrogen-bond donors (Lipinski definition) is 1. The van der Waals surface area contributed by atoms with E-state index in [1.807, 2.05) is 32.0 Å². The van der Waals surface area contributed by atoms with Crippen molar-refractivity contribution in [3.05, 3.63) is 59.2 Å². The topological polar surface area (TPSA) is 66.5 Å². The van der Waals surface area contributed by atoms with Crippen molar-refractivity contribution in [1.82, 2.24) is 4.31 Å². The molecule has 26 heavy (non-hydrogen) atoms. The second-order valence-electron chi connectivity index (χ2n) is 6.71. The average molecular weight is 372 g/mol. The first-order valence-electron chi connectivity index (χ1n) is 8.87. The molecule has 1 N–H and O–H groups in total. The number of aryl methyl sites for hydroxylation is 2. The summed E-state index contributed by atoms with van der Waals surface area (Å²) in [5.74, 6) is -0.237. The summed E-state index contributed by atoms with van der Waals surface area (Å²) in [6.45, 7) is 4.84. The monoisotopic (exact) mass is 372 g/mol. The van der Waals surface area contributed by atoms with Gasteiger partial charge in [-0.15, -0.1) is 0 Å². The Labute approximate surface area is 155 Å². The van der Waals surface area contributed by atoms with Gasteiger partial charge in [0.1, 0.15) is 0 Å². The number of amides is 1. The Kier molecular flexibility index (Phi) is 5.44. The lowest BCUT2D eigenvalue weighted by molar-refractivity contribution is 0.102. The zero-order chi connectivity index (χ0) is 18.7. The van der Waals surface area contributed by atoms with Crippen molar-refractivity contribution in [2.24, 2.45) is 0 Å². The lowest BCUT2D eigenvalue weighted by atomic mass is 10.1. The van der Waals surface area contributed by atoms with Crippen LogP contribution in [0.2, 0.25) is 0 Å².